The van der Waals surface area contributed by atoms with Gasteiger partial charge in [0.2, 0.25) is 5.89 Å². The van der Waals surface area contributed by atoms with E-state index in [1.54, 1.807) is 23.5 Å². The fourth-order valence-corrected chi connectivity index (χ4v) is 3.38. The average Bonchev–Trinajstić information content (AvgIpc) is 3.24. The maximum Gasteiger partial charge on any atom is 0.254 e. The standard InChI is InChI=1S/C16H19N3O5S/c1-10(20)13-5-11(9-25-13)16(21)19-3-4-23-12(7-19)6-15-17-14(8-22-2)18-24-15/h5,9,12H,3-4,6-8H2,1-2H3/t12-/m0/s1. The van der Waals surface area contributed by atoms with Crippen molar-refractivity contribution in [1.29, 1.82) is 0 Å². The molecule has 0 aromatic carbocycles. The molecule has 0 radical (unpaired) electrons. The number of carbonyl (C=O) groups is 2. The summed E-state index contributed by atoms with van der Waals surface area (Å²) in [6, 6.07) is 1.65. The molecule has 1 fully saturated rings. The van der Waals surface area contributed by atoms with Gasteiger partial charge in [-0.05, 0) is 13.0 Å². The number of ketones is 1. The van der Waals surface area contributed by atoms with Crippen LogP contribution in [-0.4, -0.2) is 59.6 Å². The van der Waals surface area contributed by atoms with Gasteiger partial charge in [-0.3, -0.25) is 9.59 Å². The Labute approximate surface area is 148 Å². The molecule has 9 heteroatoms. The van der Waals surface area contributed by atoms with Crippen LogP contribution in [0.1, 0.15) is 38.7 Å². The number of methoxy groups -OCH3 is 1. The number of morpholine rings is 1. The van der Waals surface area contributed by atoms with Crippen molar-refractivity contribution in [1.82, 2.24) is 15.0 Å². The first kappa shape index (κ1) is 17.7. The van der Waals surface area contributed by atoms with Gasteiger partial charge in [-0.15, -0.1) is 11.3 Å². The second kappa shape index (κ2) is 7.85. The molecule has 2 aromatic rings. The lowest BCUT2D eigenvalue weighted by atomic mass is 10.1. The third-order valence-corrected chi connectivity index (χ3v) is 4.84. The van der Waals surface area contributed by atoms with Gasteiger partial charge in [0, 0.05) is 25.6 Å². The maximum absolute atomic E-state index is 12.6. The van der Waals surface area contributed by atoms with Crippen LogP contribution in [0.3, 0.4) is 0 Å². The predicted octanol–water partition coefficient (Wildman–Crippen LogP) is 1.56. The van der Waals surface area contributed by atoms with Crippen molar-refractivity contribution in [2.24, 2.45) is 0 Å². The van der Waals surface area contributed by atoms with Gasteiger partial charge in [-0.2, -0.15) is 4.98 Å². The van der Waals surface area contributed by atoms with E-state index in [-0.39, 0.29) is 24.4 Å². The van der Waals surface area contributed by atoms with E-state index in [2.05, 4.69) is 10.1 Å². The van der Waals surface area contributed by atoms with Crippen molar-refractivity contribution in [2.45, 2.75) is 26.1 Å². The molecule has 0 unspecified atom stereocenters. The number of hydrogen-bond acceptors (Lipinski definition) is 8. The molecule has 1 amide bonds. The number of carbonyl (C=O) groups excluding carboxylic acids is 2. The van der Waals surface area contributed by atoms with Gasteiger partial charge in [0.05, 0.1) is 29.6 Å². The van der Waals surface area contributed by atoms with Crippen LogP contribution in [0, 0.1) is 0 Å². The second-order valence-electron chi connectivity index (χ2n) is 5.74. The van der Waals surface area contributed by atoms with Crippen LogP contribution in [0.2, 0.25) is 0 Å². The Morgan fingerprint density at radius 1 is 1.48 bits per heavy atom. The van der Waals surface area contributed by atoms with Crippen LogP contribution in [0.25, 0.3) is 0 Å². The predicted molar refractivity (Wildman–Crippen MR) is 88.7 cm³/mol. The number of aromatic nitrogens is 2. The zero-order chi connectivity index (χ0) is 17.8. The summed E-state index contributed by atoms with van der Waals surface area (Å²) in [4.78, 5) is 30.6. The van der Waals surface area contributed by atoms with Gasteiger partial charge in [-0.1, -0.05) is 5.16 Å². The van der Waals surface area contributed by atoms with E-state index in [4.69, 9.17) is 14.0 Å². The van der Waals surface area contributed by atoms with Crippen molar-refractivity contribution in [2.75, 3.05) is 26.8 Å². The van der Waals surface area contributed by atoms with Crippen molar-refractivity contribution in [3.8, 4) is 0 Å². The highest BCUT2D eigenvalue weighted by molar-refractivity contribution is 7.12. The Morgan fingerprint density at radius 2 is 2.32 bits per heavy atom. The van der Waals surface area contributed by atoms with E-state index in [1.807, 2.05) is 0 Å². The van der Waals surface area contributed by atoms with Gasteiger partial charge in [-0.25, -0.2) is 0 Å². The lowest BCUT2D eigenvalue weighted by Gasteiger charge is -2.32. The van der Waals surface area contributed by atoms with Crippen molar-refractivity contribution in [3.05, 3.63) is 33.6 Å². The maximum atomic E-state index is 12.6. The molecule has 0 spiro atoms. The fraction of sp³-hybridized carbons (Fsp3) is 0.500. The fourth-order valence-electron chi connectivity index (χ4n) is 2.60. The largest absolute Gasteiger partial charge is 0.377 e. The lowest BCUT2D eigenvalue weighted by molar-refractivity contribution is -0.0237. The number of ether oxygens (including phenoxy) is 2. The summed E-state index contributed by atoms with van der Waals surface area (Å²) in [7, 11) is 1.56. The van der Waals surface area contributed by atoms with E-state index in [0.29, 0.717) is 48.3 Å². The smallest absolute Gasteiger partial charge is 0.254 e. The molecular formula is C16H19N3O5S. The lowest BCUT2D eigenvalue weighted by Crippen LogP contribution is -2.46. The summed E-state index contributed by atoms with van der Waals surface area (Å²) < 4.78 is 15.8. The number of thiophene rings is 1. The number of hydrogen-bond donors (Lipinski definition) is 0. The Hall–Kier alpha value is -2.10. The minimum atomic E-state index is -0.209. The number of rotatable bonds is 6. The molecule has 8 nitrogen and oxygen atoms in total. The van der Waals surface area contributed by atoms with Gasteiger partial charge in [0.1, 0.15) is 6.61 Å². The normalized spacial score (nSPS) is 17.7. The summed E-state index contributed by atoms with van der Waals surface area (Å²) in [5, 5.41) is 5.54. The first-order valence-electron chi connectivity index (χ1n) is 7.87. The third-order valence-electron chi connectivity index (χ3n) is 3.81. The van der Waals surface area contributed by atoms with Crippen molar-refractivity contribution >= 4 is 23.0 Å². The van der Waals surface area contributed by atoms with Crippen LogP contribution >= 0.6 is 11.3 Å². The Balaban J connectivity index is 1.61. The Bertz CT molecular complexity index is 757. The first-order valence-corrected chi connectivity index (χ1v) is 8.75. The molecule has 134 valence electrons. The van der Waals surface area contributed by atoms with Crippen molar-refractivity contribution in [3.63, 3.8) is 0 Å². The molecule has 0 aliphatic carbocycles. The average molecular weight is 365 g/mol. The molecule has 1 atom stereocenters. The van der Waals surface area contributed by atoms with Gasteiger partial charge >= 0.3 is 0 Å². The van der Waals surface area contributed by atoms with Crippen LogP contribution in [0.5, 0.6) is 0 Å². The van der Waals surface area contributed by atoms with Gasteiger partial charge in [0.15, 0.2) is 11.6 Å². The van der Waals surface area contributed by atoms with E-state index >= 15 is 0 Å². The monoisotopic (exact) mass is 365 g/mol. The summed E-state index contributed by atoms with van der Waals surface area (Å²) >= 11 is 1.29. The molecule has 0 N–H and O–H groups in total. The number of nitrogens with zero attached hydrogens (tertiary/aromatic N) is 3. The minimum absolute atomic E-state index is 0.0350. The molecule has 1 aliphatic heterocycles. The third kappa shape index (κ3) is 4.30. The minimum Gasteiger partial charge on any atom is -0.377 e. The highest BCUT2D eigenvalue weighted by Crippen LogP contribution is 2.19. The zero-order valence-electron chi connectivity index (χ0n) is 14.1. The van der Waals surface area contributed by atoms with Crippen LogP contribution < -0.4 is 0 Å². The molecule has 3 heterocycles. The number of amides is 1. The van der Waals surface area contributed by atoms with E-state index in [1.165, 1.54) is 18.3 Å². The molecule has 1 aliphatic rings. The van der Waals surface area contributed by atoms with Crippen LogP contribution in [0.15, 0.2) is 16.0 Å². The Morgan fingerprint density at radius 3 is 3.04 bits per heavy atom. The molecule has 2 aromatic heterocycles. The van der Waals surface area contributed by atoms with E-state index in [9.17, 15) is 9.59 Å². The van der Waals surface area contributed by atoms with Crippen LogP contribution in [-0.2, 0) is 22.5 Å². The van der Waals surface area contributed by atoms with Crippen LogP contribution in [0.4, 0.5) is 0 Å². The summed E-state index contributed by atoms with van der Waals surface area (Å²) in [5.74, 6) is 0.812. The molecule has 25 heavy (non-hydrogen) atoms. The summed E-state index contributed by atoms with van der Waals surface area (Å²) in [6.45, 7) is 3.17. The highest BCUT2D eigenvalue weighted by atomic mass is 32.1. The molecule has 3 rings (SSSR count). The molecule has 1 saturated heterocycles. The molecule has 0 saturated carbocycles. The van der Waals surface area contributed by atoms with E-state index < -0.39 is 0 Å². The summed E-state index contributed by atoms with van der Waals surface area (Å²) in [5.41, 5.74) is 0.538. The number of Topliss-reactive ketones (excluding diaryl/α,β-unsaturated/α-hetero) is 1. The van der Waals surface area contributed by atoms with Gasteiger partial charge < -0.3 is 18.9 Å². The SMILES string of the molecule is COCc1noc(C[C@H]2CN(C(=O)c3csc(C(C)=O)c3)CCO2)n1. The zero-order valence-corrected chi connectivity index (χ0v) is 14.9. The molecular weight excluding hydrogens is 346 g/mol. The summed E-state index contributed by atoms with van der Waals surface area (Å²) in [6.07, 6.45) is 0.225. The van der Waals surface area contributed by atoms with E-state index in [0.717, 1.165) is 0 Å². The highest BCUT2D eigenvalue weighted by Gasteiger charge is 2.27. The second-order valence-corrected chi connectivity index (χ2v) is 6.65. The first-order chi connectivity index (χ1) is 12.1. The van der Waals surface area contributed by atoms with Crippen molar-refractivity contribution < 1.29 is 23.6 Å². The topological polar surface area (TPSA) is 94.8 Å². The molecule has 0 bridgehead atoms. The quantitative estimate of drug-likeness (QED) is 0.717. The Kier molecular flexibility index (Phi) is 5.57. The van der Waals surface area contributed by atoms with Gasteiger partial charge in [0.25, 0.3) is 5.91 Å².